The van der Waals surface area contributed by atoms with Gasteiger partial charge in [-0.1, -0.05) is 0 Å². The van der Waals surface area contributed by atoms with E-state index in [-0.39, 0.29) is 5.56 Å². The van der Waals surface area contributed by atoms with Gasteiger partial charge in [-0.3, -0.25) is 0 Å². The van der Waals surface area contributed by atoms with Crippen LogP contribution >= 0.6 is 0 Å². The molecule has 0 aromatic carbocycles. The minimum atomic E-state index is -0.997. The first-order valence-electron chi connectivity index (χ1n) is 4.83. The Morgan fingerprint density at radius 1 is 1.50 bits per heavy atom. The predicted molar refractivity (Wildman–Crippen MR) is 57.7 cm³/mol. The number of aromatic carboxylic acids is 1. The van der Waals surface area contributed by atoms with Crippen LogP contribution < -0.4 is 4.74 Å². The molecule has 0 aliphatic carbocycles. The molecule has 0 atom stereocenters. The van der Waals surface area contributed by atoms with Crippen molar-refractivity contribution >= 4 is 17.0 Å². The van der Waals surface area contributed by atoms with Gasteiger partial charge in [0.25, 0.3) is 0 Å². The Morgan fingerprint density at radius 3 is 3.00 bits per heavy atom. The molecule has 0 spiro atoms. The van der Waals surface area contributed by atoms with Gasteiger partial charge in [0.15, 0.2) is 5.65 Å². The van der Waals surface area contributed by atoms with E-state index in [2.05, 4.69) is 9.97 Å². The molecule has 0 bridgehead atoms. The third-order valence-electron chi connectivity index (χ3n) is 2.06. The highest BCUT2D eigenvalue weighted by Crippen LogP contribution is 2.15. The summed E-state index contributed by atoms with van der Waals surface area (Å²) in [5, 5.41) is 9.48. The molecule has 0 aliphatic rings. The van der Waals surface area contributed by atoms with Gasteiger partial charge in [0.05, 0.1) is 12.2 Å². The lowest BCUT2D eigenvalue weighted by Gasteiger charge is -2.03. The van der Waals surface area contributed by atoms with Crippen LogP contribution in [0.2, 0.25) is 0 Å². The van der Waals surface area contributed by atoms with Crippen molar-refractivity contribution in [1.29, 1.82) is 0 Å². The zero-order valence-electron chi connectivity index (χ0n) is 8.67. The highest BCUT2D eigenvalue weighted by atomic mass is 16.5. The number of hydrogen-bond acceptors (Lipinski definition) is 4. The van der Waals surface area contributed by atoms with E-state index in [1.165, 1.54) is 12.3 Å². The molecule has 2 heterocycles. The van der Waals surface area contributed by atoms with Crippen LogP contribution in [0.25, 0.3) is 11.0 Å². The van der Waals surface area contributed by atoms with E-state index in [4.69, 9.17) is 9.84 Å². The number of rotatable bonds is 3. The average molecular weight is 218 g/mol. The second-order valence-electron chi connectivity index (χ2n) is 3.16. The Balaban J connectivity index is 2.48. The topological polar surface area (TPSA) is 72.3 Å². The van der Waals surface area contributed by atoms with Crippen molar-refractivity contribution in [1.82, 2.24) is 9.97 Å². The summed E-state index contributed by atoms with van der Waals surface area (Å²) in [6.07, 6.45) is 1.29. The van der Waals surface area contributed by atoms with Crippen LogP contribution in [0.3, 0.4) is 0 Å². The molecule has 1 N–H and O–H groups in total. The molecule has 2 rings (SSSR count). The van der Waals surface area contributed by atoms with E-state index in [9.17, 15) is 4.79 Å². The smallest absolute Gasteiger partial charge is 0.337 e. The summed E-state index contributed by atoms with van der Waals surface area (Å²) in [6.45, 7) is 2.40. The van der Waals surface area contributed by atoms with Crippen LogP contribution in [0.5, 0.6) is 5.88 Å². The van der Waals surface area contributed by atoms with Gasteiger partial charge in [0, 0.05) is 17.6 Å². The number of carbonyl (C=O) groups is 1. The molecule has 5 heteroatoms. The molecule has 0 saturated carbocycles. The van der Waals surface area contributed by atoms with Crippen LogP contribution in [0.1, 0.15) is 17.3 Å². The predicted octanol–water partition coefficient (Wildman–Crippen LogP) is 1.73. The first-order chi connectivity index (χ1) is 7.70. The summed E-state index contributed by atoms with van der Waals surface area (Å²) in [4.78, 5) is 18.8. The summed E-state index contributed by atoms with van der Waals surface area (Å²) >= 11 is 0. The minimum Gasteiger partial charge on any atom is -0.478 e. The quantitative estimate of drug-likeness (QED) is 0.849. The maximum absolute atomic E-state index is 10.7. The number of aromatic nitrogens is 2. The number of carboxylic acid groups (broad SMARTS) is 1. The standard InChI is InChI=1S/C11H10N2O3/c1-2-16-9-4-3-7-5-8(11(14)15)6-12-10(7)13-9/h3-6H,2H2,1H3,(H,14,15). The summed E-state index contributed by atoms with van der Waals surface area (Å²) in [7, 11) is 0. The highest BCUT2D eigenvalue weighted by molar-refractivity contribution is 5.91. The van der Waals surface area contributed by atoms with Crippen LogP contribution in [0.4, 0.5) is 0 Å². The lowest BCUT2D eigenvalue weighted by Crippen LogP contribution is -1.99. The van der Waals surface area contributed by atoms with Gasteiger partial charge in [-0.05, 0) is 19.1 Å². The fourth-order valence-electron chi connectivity index (χ4n) is 1.34. The van der Waals surface area contributed by atoms with Crippen molar-refractivity contribution in [3.63, 3.8) is 0 Å². The van der Waals surface area contributed by atoms with E-state index in [1.54, 1.807) is 12.1 Å². The first-order valence-corrected chi connectivity index (χ1v) is 4.83. The summed E-state index contributed by atoms with van der Waals surface area (Å²) in [5.41, 5.74) is 0.634. The van der Waals surface area contributed by atoms with Gasteiger partial charge in [-0.15, -0.1) is 0 Å². The van der Waals surface area contributed by atoms with Crippen molar-refractivity contribution in [2.24, 2.45) is 0 Å². The number of carboxylic acids is 1. The van der Waals surface area contributed by atoms with E-state index in [1.807, 2.05) is 6.92 Å². The minimum absolute atomic E-state index is 0.151. The Hall–Kier alpha value is -2.17. The lowest BCUT2D eigenvalue weighted by molar-refractivity contribution is 0.0696. The average Bonchev–Trinajstić information content (AvgIpc) is 2.28. The number of ether oxygens (including phenoxy) is 1. The summed E-state index contributed by atoms with van der Waals surface area (Å²) in [6, 6.07) is 4.97. The normalized spacial score (nSPS) is 10.3. The lowest BCUT2D eigenvalue weighted by atomic mass is 10.2. The Morgan fingerprint density at radius 2 is 2.31 bits per heavy atom. The van der Waals surface area contributed by atoms with Gasteiger partial charge >= 0.3 is 5.97 Å². The van der Waals surface area contributed by atoms with Gasteiger partial charge in [0.2, 0.25) is 5.88 Å². The molecule has 82 valence electrons. The highest BCUT2D eigenvalue weighted by Gasteiger charge is 2.06. The van der Waals surface area contributed by atoms with Gasteiger partial charge < -0.3 is 9.84 Å². The molecule has 2 aromatic heterocycles. The van der Waals surface area contributed by atoms with Gasteiger partial charge in [-0.25, -0.2) is 9.78 Å². The molecule has 0 aliphatic heterocycles. The summed E-state index contributed by atoms with van der Waals surface area (Å²) < 4.78 is 5.22. The Bertz CT molecular complexity index is 540. The number of fused-ring (bicyclic) bond motifs is 1. The van der Waals surface area contributed by atoms with Crippen molar-refractivity contribution in [3.05, 3.63) is 30.0 Å². The maximum Gasteiger partial charge on any atom is 0.337 e. The molecule has 16 heavy (non-hydrogen) atoms. The fraction of sp³-hybridized carbons (Fsp3) is 0.182. The third-order valence-corrected chi connectivity index (χ3v) is 2.06. The molecule has 2 aromatic rings. The first kappa shape index (κ1) is 10.4. The van der Waals surface area contributed by atoms with Crippen molar-refractivity contribution in [2.75, 3.05) is 6.61 Å². The maximum atomic E-state index is 10.7. The van der Waals surface area contributed by atoms with E-state index >= 15 is 0 Å². The van der Waals surface area contributed by atoms with Crippen molar-refractivity contribution in [3.8, 4) is 5.88 Å². The van der Waals surface area contributed by atoms with Gasteiger partial charge in [0.1, 0.15) is 0 Å². The van der Waals surface area contributed by atoms with E-state index < -0.39 is 5.97 Å². The second kappa shape index (κ2) is 4.14. The number of nitrogens with zero attached hydrogens (tertiary/aromatic N) is 2. The van der Waals surface area contributed by atoms with Crippen LogP contribution in [-0.4, -0.2) is 27.7 Å². The molecule has 0 fully saturated rings. The number of hydrogen-bond donors (Lipinski definition) is 1. The van der Waals surface area contributed by atoms with E-state index in [0.717, 1.165) is 0 Å². The molecule has 0 radical (unpaired) electrons. The molecule has 0 amide bonds. The van der Waals surface area contributed by atoms with E-state index in [0.29, 0.717) is 23.5 Å². The molecular formula is C11H10N2O3. The molecule has 0 unspecified atom stereocenters. The monoisotopic (exact) mass is 218 g/mol. The zero-order chi connectivity index (χ0) is 11.5. The number of pyridine rings is 2. The molecular weight excluding hydrogens is 208 g/mol. The third kappa shape index (κ3) is 1.93. The fourth-order valence-corrected chi connectivity index (χ4v) is 1.34. The largest absolute Gasteiger partial charge is 0.478 e. The van der Waals surface area contributed by atoms with Crippen LogP contribution in [-0.2, 0) is 0 Å². The second-order valence-corrected chi connectivity index (χ2v) is 3.16. The zero-order valence-corrected chi connectivity index (χ0v) is 8.67. The van der Waals surface area contributed by atoms with Gasteiger partial charge in [-0.2, -0.15) is 4.98 Å². The Labute approximate surface area is 91.7 Å². The van der Waals surface area contributed by atoms with Crippen molar-refractivity contribution < 1.29 is 14.6 Å². The Kier molecular flexibility index (Phi) is 2.68. The summed E-state index contributed by atoms with van der Waals surface area (Å²) in [5.74, 6) is -0.506. The van der Waals surface area contributed by atoms with Crippen LogP contribution in [0.15, 0.2) is 24.4 Å². The molecule has 0 saturated heterocycles. The molecule has 5 nitrogen and oxygen atoms in total. The van der Waals surface area contributed by atoms with Crippen molar-refractivity contribution in [2.45, 2.75) is 6.92 Å². The SMILES string of the molecule is CCOc1ccc2cc(C(=O)O)cnc2n1. The van der Waals surface area contributed by atoms with Crippen LogP contribution in [0, 0.1) is 0 Å².